The Morgan fingerprint density at radius 2 is 2.03 bits per heavy atom. The lowest BCUT2D eigenvalue weighted by molar-refractivity contribution is -0.141. The van der Waals surface area contributed by atoms with E-state index in [-0.39, 0.29) is 24.1 Å². The van der Waals surface area contributed by atoms with Crippen molar-refractivity contribution in [3.8, 4) is 5.75 Å². The molecule has 3 rings (SSSR count). The molecule has 156 valence electrons. The van der Waals surface area contributed by atoms with Gasteiger partial charge >= 0.3 is 6.18 Å². The van der Waals surface area contributed by atoms with Gasteiger partial charge in [-0.25, -0.2) is 0 Å². The van der Waals surface area contributed by atoms with Crippen molar-refractivity contribution in [3.63, 3.8) is 0 Å². The second kappa shape index (κ2) is 8.26. The Balaban J connectivity index is 1.71. The van der Waals surface area contributed by atoms with E-state index >= 15 is 0 Å². The maximum absolute atomic E-state index is 12.9. The molecule has 1 amide bonds. The molecule has 1 aliphatic heterocycles. The van der Waals surface area contributed by atoms with Gasteiger partial charge in [0, 0.05) is 30.6 Å². The van der Waals surface area contributed by atoms with Crippen LogP contribution in [0.25, 0.3) is 0 Å². The molecule has 1 fully saturated rings. The van der Waals surface area contributed by atoms with Gasteiger partial charge in [0.15, 0.2) is 11.5 Å². The third kappa shape index (κ3) is 4.96. The summed E-state index contributed by atoms with van der Waals surface area (Å²) >= 11 is 0. The molecule has 1 N–H and O–H groups in total. The molecule has 1 saturated heterocycles. The smallest absolute Gasteiger partial charge is 0.432 e. The summed E-state index contributed by atoms with van der Waals surface area (Å²) < 4.78 is 43.8. The molecule has 2 heterocycles. The molecular formula is C20H22F3N3O3. The predicted octanol–water partition coefficient (Wildman–Crippen LogP) is 3.95. The maximum Gasteiger partial charge on any atom is 0.432 e. The standard InChI is InChI=1S/C20H22F3N3O3/c1-12(2)29-15-7-3-5-13(9-15)18(27)14-6-4-8-26(11-14)19(28)16-10-17(25-24-16)20(21,22)23/h3,5,7,9-10,12,14H,4,6,8,11H2,1-2H3,(H,24,25)/t14-/m0/s1. The van der Waals surface area contributed by atoms with Gasteiger partial charge in [0.2, 0.25) is 0 Å². The number of H-pyrrole nitrogens is 1. The summed E-state index contributed by atoms with van der Waals surface area (Å²) in [6.45, 7) is 4.28. The molecule has 1 aromatic heterocycles. The van der Waals surface area contributed by atoms with E-state index in [1.165, 1.54) is 4.90 Å². The minimum absolute atomic E-state index is 0.0291. The molecule has 29 heavy (non-hydrogen) atoms. The summed E-state index contributed by atoms with van der Waals surface area (Å²) in [7, 11) is 0. The molecule has 0 aliphatic carbocycles. The Morgan fingerprint density at radius 3 is 2.69 bits per heavy atom. The van der Waals surface area contributed by atoms with Crippen LogP contribution < -0.4 is 4.74 Å². The highest BCUT2D eigenvalue weighted by atomic mass is 19.4. The van der Waals surface area contributed by atoms with Crippen molar-refractivity contribution in [2.45, 2.75) is 39.0 Å². The minimum atomic E-state index is -4.60. The number of hydrogen-bond donors (Lipinski definition) is 1. The van der Waals surface area contributed by atoms with E-state index in [0.717, 1.165) is 0 Å². The van der Waals surface area contributed by atoms with Crippen LogP contribution in [-0.2, 0) is 6.18 Å². The number of carbonyl (C=O) groups is 2. The Labute approximate surface area is 166 Å². The second-order valence-electron chi connectivity index (χ2n) is 7.31. The zero-order valence-electron chi connectivity index (χ0n) is 16.1. The lowest BCUT2D eigenvalue weighted by Gasteiger charge is -2.31. The number of rotatable bonds is 5. The summed E-state index contributed by atoms with van der Waals surface area (Å²) in [4.78, 5) is 26.9. The highest BCUT2D eigenvalue weighted by Crippen LogP contribution is 2.29. The molecule has 1 aliphatic rings. The number of piperidine rings is 1. The first-order valence-electron chi connectivity index (χ1n) is 9.38. The number of nitrogens with one attached hydrogen (secondary N) is 1. The number of ether oxygens (including phenoxy) is 1. The molecule has 0 unspecified atom stereocenters. The molecule has 1 atom stereocenters. The quantitative estimate of drug-likeness (QED) is 0.759. The summed E-state index contributed by atoms with van der Waals surface area (Å²) in [5.74, 6) is -0.574. The predicted molar refractivity (Wildman–Crippen MR) is 98.8 cm³/mol. The van der Waals surface area contributed by atoms with Crippen molar-refractivity contribution in [1.29, 1.82) is 0 Å². The Bertz CT molecular complexity index is 892. The summed E-state index contributed by atoms with van der Waals surface area (Å²) in [6.07, 6.45) is -3.44. The van der Waals surface area contributed by atoms with Crippen LogP contribution in [-0.4, -0.2) is 46.0 Å². The fourth-order valence-electron chi connectivity index (χ4n) is 3.34. The second-order valence-corrected chi connectivity index (χ2v) is 7.31. The van der Waals surface area contributed by atoms with E-state index in [0.29, 0.717) is 36.8 Å². The zero-order valence-corrected chi connectivity index (χ0v) is 16.1. The normalized spacial score (nSPS) is 17.4. The molecule has 1 aromatic carbocycles. The van der Waals surface area contributed by atoms with Crippen LogP contribution in [0.4, 0.5) is 13.2 Å². The van der Waals surface area contributed by atoms with Gasteiger partial charge in [0.05, 0.1) is 6.10 Å². The van der Waals surface area contributed by atoms with Crippen LogP contribution in [0.1, 0.15) is 53.2 Å². The van der Waals surface area contributed by atoms with Crippen LogP contribution in [0.5, 0.6) is 5.75 Å². The Kier molecular flexibility index (Phi) is 5.95. The third-order valence-electron chi connectivity index (χ3n) is 4.67. The Morgan fingerprint density at radius 1 is 1.28 bits per heavy atom. The van der Waals surface area contributed by atoms with E-state index in [4.69, 9.17) is 4.74 Å². The van der Waals surface area contributed by atoms with Gasteiger partial charge in [-0.15, -0.1) is 0 Å². The topological polar surface area (TPSA) is 75.3 Å². The van der Waals surface area contributed by atoms with Gasteiger partial charge in [-0.1, -0.05) is 12.1 Å². The molecule has 6 nitrogen and oxygen atoms in total. The van der Waals surface area contributed by atoms with Crippen molar-refractivity contribution in [2.24, 2.45) is 5.92 Å². The number of halogens is 3. The Hall–Kier alpha value is -2.84. The van der Waals surface area contributed by atoms with Crippen molar-refractivity contribution in [1.82, 2.24) is 15.1 Å². The van der Waals surface area contributed by atoms with Crippen LogP contribution in [0.3, 0.4) is 0 Å². The van der Waals surface area contributed by atoms with Crippen LogP contribution in [0.2, 0.25) is 0 Å². The van der Waals surface area contributed by atoms with Gasteiger partial charge in [0.1, 0.15) is 11.4 Å². The lowest BCUT2D eigenvalue weighted by atomic mass is 9.89. The fraction of sp³-hybridized carbons (Fsp3) is 0.450. The number of aromatic nitrogens is 2. The van der Waals surface area contributed by atoms with Crippen molar-refractivity contribution < 1.29 is 27.5 Å². The van der Waals surface area contributed by atoms with Crippen molar-refractivity contribution in [3.05, 3.63) is 47.3 Å². The molecule has 0 saturated carbocycles. The molecule has 0 bridgehead atoms. The van der Waals surface area contributed by atoms with E-state index in [1.807, 2.05) is 18.9 Å². The first-order chi connectivity index (χ1) is 13.6. The molecule has 0 radical (unpaired) electrons. The third-order valence-corrected chi connectivity index (χ3v) is 4.67. The van der Waals surface area contributed by atoms with Crippen LogP contribution in [0.15, 0.2) is 30.3 Å². The van der Waals surface area contributed by atoms with Crippen molar-refractivity contribution in [2.75, 3.05) is 13.1 Å². The number of ketones is 1. The summed E-state index contributed by atoms with van der Waals surface area (Å²) in [5.41, 5.74) is -0.896. The first-order valence-corrected chi connectivity index (χ1v) is 9.38. The monoisotopic (exact) mass is 409 g/mol. The van der Waals surface area contributed by atoms with Gasteiger partial charge in [0.25, 0.3) is 5.91 Å². The number of amides is 1. The largest absolute Gasteiger partial charge is 0.491 e. The number of hydrogen-bond acceptors (Lipinski definition) is 4. The average molecular weight is 409 g/mol. The van der Waals surface area contributed by atoms with Crippen LogP contribution >= 0.6 is 0 Å². The van der Waals surface area contributed by atoms with E-state index in [9.17, 15) is 22.8 Å². The molecule has 0 spiro atoms. The molecule has 2 aromatic rings. The van der Waals surface area contributed by atoms with E-state index in [1.54, 1.807) is 24.3 Å². The number of likely N-dealkylation sites (tertiary alicyclic amines) is 1. The average Bonchev–Trinajstić information content (AvgIpc) is 3.17. The van der Waals surface area contributed by atoms with Crippen molar-refractivity contribution >= 4 is 11.7 Å². The highest BCUT2D eigenvalue weighted by Gasteiger charge is 2.35. The fourth-order valence-corrected chi connectivity index (χ4v) is 3.34. The number of carbonyl (C=O) groups excluding carboxylic acids is 2. The number of aromatic amines is 1. The van der Waals surface area contributed by atoms with E-state index in [2.05, 4.69) is 5.10 Å². The number of nitrogens with zero attached hydrogens (tertiary/aromatic N) is 2. The minimum Gasteiger partial charge on any atom is -0.491 e. The zero-order chi connectivity index (χ0) is 21.2. The summed E-state index contributed by atoms with van der Waals surface area (Å²) in [6, 6.07) is 7.56. The van der Waals surface area contributed by atoms with Gasteiger partial charge in [-0.2, -0.15) is 18.3 Å². The van der Waals surface area contributed by atoms with Gasteiger partial charge in [-0.05, 0) is 38.8 Å². The SMILES string of the molecule is CC(C)Oc1cccc(C(=O)[C@H]2CCCN(C(=O)c3cc(C(F)(F)F)[nH]n3)C2)c1. The lowest BCUT2D eigenvalue weighted by Crippen LogP contribution is -2.42. The van der Waals surface area contributed by atoms with Gasteiger partial charge in [-0.3, -0.25) is 14.7 Å². The first kappa shape index (κ1) is 20.9. The number of Topliss-reactive ketones (excluding diaryl/α,β-unsaturated/α-hetero) is 1. The number of benzene rings is 1. The molecule has 9 heteroatoms. The highest BCUT2D eigenvalue weighted by molar-refractivity contribution is 5.99. The molecular weight excluding hydrogens is 387 g/mol. The summed E-state index contributed by atoms with van der Waals surface area (Å²) in [5, 5.41) is 5.33. The number of alkyl halides is 3. The van der Waals surface area contributed by atoms with Crippen LogP contribution in [0, 0.1) is 5.92 Å². The maximum atomic E-state index is 12.9. The van der Waals surface area contributed by atoms with Gasteiger partial charge < -0.3 is 9.64 Å². The van der Waals surface area contributed by atoms with E-state index < -0.39 is 23.7 Å².